The molecule has 0 atom stereocenters. The Hall–Kier alpha value is -2.09. The predicted molar refractivity (Wildman–Crippen MR) is 117 cm³/mol. The van der Waals surface area contributed by atoms with E-state index in [0.717, 1.165) is 31.2 Å². The van der Waals surface area contributed by atoms with Crippen LogP contribution in [-0.2, 0) is 27.9 Å². The molecule has 1 fully saturated rings. The van der Waals surface area contributed by atoms with Gasteiger partial charge in [0.15, 0.2) is 0 Å². The van der Waals surface area contributed by atoms with Gasteiger partial charge in [-0.2, -0.15) is 0 Å². The van der Waals surface area contributed by atoms with E-state index >= 15 is 0 Å². The summed E-state index contributed by atoms with van der Waals surface area (Å²) >= 11 is 5.87. The van der Waals surface area contributed by atoms with Gasteiger partial charge < -0.3 is 10.1 Å². The van der Waals surface area contributed by atoms with Crippen molar-refractivity contribution in [2.24, 2.45) is 5.92 Å². The molecule has 0 bridgehead atoms. The summed E-state index contributed by atoms with van der Waals surface area (Å²) in [6, 6.07) is 11.9. The van der Waals surface area contributed by atoms with Gasteiger partial charge in [0.2, 0.25) is 15.9 Å². The van der Waals surface area contributed by atoms with E-state index in [0.29, 0.717) is 10.6 Å². The lowest BCUT2D eigenvalue weighted by Crippen LogP contribution is -2.31. The molecule has 30 heavy (non-hydrogen) atoms. The number of ether oxygens (including phenoxy) is 1. The fourth-order valence-corrected chi connectivity index (χ4v) is 4.96. The summed E-state index contributed by atoms with van der Waals surface area (Å²) in [7, 11) is -2.38. The molecule has 0 radical (unpaired) electrons. The van der Waals surface area contributed by atoms with Crippen LogP contribution in [0, 0.1) is 5.92 Å². The van der Waals surface area contributed by atoms with Crippen LogP contribution in [0.4, 0.5) is 0 Å². The molecule has 0 saturated heterocycles. The second-order valence-corrected chi connectivity index (χ2v) is 9.66. The van der Waals surface area contributed by atoms with Crippen molar-refractivity contribution in [1.29, 1.82) is 0 Å². The van der Waals surface area contributed by atoms with Gasteiger partial charge in [-0.3, -0.25) is 4.79 Å². The Kier molecular flexibility index (Phi) is 7.75. The largest absolute Gasteiger partial charge is 0.495 e. The van der Waals surface area contributed by atoms with E-state index in [4.69, 9.17) is 16.3 Å². The summed E-state index contributed by atoms with van der Waals surface area (Å²) in [4.78, 5) is 12.4. The zero-order valence-electron chi connectivity index (χ0n) is 17.0. The highest BCUT2D eigenvalue weighted by Crippen LogP contribution is 2.26. The second-order valence-electron chi connectivity index (χ2n) is 7.49. The number of hydrogen-bond acceptors (Lipinski definition) is 4. The number of benzene rings is 2. The molecule has 2 aromatic rings. The van der Waals surface area contributed by atoms with Crippen molar-refractivity contribution in [3.63, 3.8) is 0 Å². The summed E-state index contributed by atoms with van der Waals surface area (Å²) in [5.74, 6) is 0.345. The van der Waals surface area contributed by atoms with Crippen LogP contribution in [0.1, 0.15) is 43.2 Å². The zero-order valence-corrected chi connectivity index (χ0v) is 18.6. The van der Waals surface area contributed by atoms with Crippen molar-refractivity contribution in [1.82, 2.24) is 10.0 Å². The molecule has 0 unspecified atom stereocenters. The summed E-state index contributed by atoms with van der Waals surface area (Å²) in [6.45, 7) is 0.407. The Balaban J connectivity index is 1.69. The first-order chi connectivity index (χ1) is 14.4. The third-order valence-corrected chi connectivity index (χ3v) is 7.01. The van der Waals surface area contributed by atoms with Gasteiger partial charge in [-0.1, -0.05) is 49.1 Å². The van der Waals surface area contributed by atoms with Crippen LogP contribution in [0.25, 0.3) is 0 Å². The SMILES string of the molecule is COc1ccc(CNC(=O)C2CCCCC2)cc1S(=O)(=O)NCc1ccc(Cl)cc1. The summed E-state index contributed by atoms with van der Waals surface area (Å²) < 4.78 is 33.6. The van der Waals surface area contributed by atoms with Crippen LogP contribution in [-0.4, -0.2) is 21.4 Å². The Bertz CT molecular complexity index is 971. The van der Waals surface area contributed by atoms with Crippen molar-refractivity contribution in [3.8, 4) is 5.75 Å². The highest BCUT2D eigenvalue weighted by atomic mass is 35.5. The lowest BCUT2D eigenvalue weighted by molar-refractivity contribution is -0.126. The molecule has 162 valence electrons. The molecule has 1 amide bonds. The average Bonchev–Trinajstić information content (AvgIpc) is 2.77. The number of halogens is 1. The first kappa shape index (κ1) is 22.6. The Morgan fingerprint density at radius 2 is 1.70 bits per heavy atom. The molecule has 8 heteroatoms. The maximum atomic E-state index is 12.9. The molecule has 1 aliphatic rings. The molecular weight excluding hydrogens is 424 g/mol. The number of amides is 1. The smallest absolute Gasteiger partial charge is 0.244 e. The summed E-state index contributed by atoms with van der Waals surface area (Å²) in [5, 5.41) is 3.53. The van der Waals surface area contributed by atoms with Crippen LogP contribution in [0.3, 0.4) is 0 Å². The van der Waals surface area contributed by atoms with Crippen molar-refractivity contribution in [2.75, 3.05) is 7.11 Å². The van der Waals surface area contributed by atoms with E-state index in [-0.39, 0.29) is 35.6 Å². The van der Waals surface area contributed by atoms with Gasteiger partial charge in [-0.25, -0.2) is 13.1 Å². The monoisotopic (exact) mass is 450 g/mol. The van der Waals surface area contributed by atoms with Gasteiger partial charge in [-0.05, 0) is 48.2 Å². The maximum Gasteiger partial charge on any atom is 0.244 e. The normalized spacial score (nSPS) is 15.0. The van der Waals surface area contributed by atoms with Gasteiger partial charge in [0.05, 0.1) is 7.11 Å². The fraction of sp³-hybridized carbons (Fsp3) is 0.409. The number of hydrogen-bond donors (Lipinski definition) is 2. The molecule has 0 aromatic heterocycles. The lowest BCUT2D eigenvalue weighted by atomic mass is 9.88. The van der Waals surface area contributed by atoms with Gasteiger partial charge in [-0.15, -0.1) is 0 Å². The van der Waals surface area contributed by atoms with E-state index in [2.05, 4.69) is 10.0 Å². The van der Waals surface area contributed by atoms with Crippen molar-refractivity contribution in [3.05, 3.63) is 58.6 Å². The minimum absolute atomic E-state index is 0.0378. The number of rotatable bonds is 8. The van der Waals surface area contributed by atoms with Crippen LogP contribution in [0.2, 0.25) is 5.02 Å². The molecule has 3 rings (SSSR count). The topological polar surface area (TPSA) is 84.5 Å². The van der Waals surface area contributed by atoms with Crippen molar-refractivity contribution < 1.29 is 17.9 Å². The standard InChI is InChI=1S/C22H27ClN2O4S/c1-29-20-12-9-17(14-24-22(26)18-5-3-2-4-6-18)13-21(20)30(27,28)25-15-16-7-10-19(23)11-8-16/h7-13,18,25H,2-6,14-15H2,1H3,(H,24,26). The fourth-order valence-electron chi connectivity index (χ4n) is 3.60. The first-order valence-electron chi connectivity index (χ1n) is 10.1. The minimum Gasteiger partial charge on any atom is -0.495 e. The van der Waals surface area contributed by atoms with Crippen LogP contribution < -0.4 is 14.8 Å². The van der Waals surface area contributed by atoms with Gasteiger partial charge in [0, 0.05) is 24.0 Å². The summed E-state index contributed by atoms with van der Waals surface area (Å²) in [5.41, 5.74) is 1.49. The van der Waals surface area contributed by atoms with Crippen LogP contribution >= 0.6 is 11.6 Å². The van der Waals surface area contributed by atoms with Crippen LogP contribution in [0.15, 0.2) is 47.4 Å². The third kappa shape index (κ3) is 5.97. The first-order valence-corrected chi connectivity index (χ1v) is 11.9. The zero-order chi connectivity index (χ0) is 21.6. The molecule has 0 heterocycles. The van der Waals surface area contributed by atoms with Gasteiger partial charge in [0.1, 0.15) is 10.6 Å². The van der Waals surface area contributed by atoms with E-state index < -0.39 is 10.0 Å². The van der Waals surface area contributed by atoms with E-state index in [1.54, 1.807) is 42.5 Å². The number of sulfonamides is 1. The molecule has 0 spiro atoms. The number of nitrogens with one attached hydrogen (secondary N) is 2. The quantitative estimate of drug-likeness (QED) is 0.636. The maximum absolute atomic E-state index is 12.9. The molecule has 0 aliphatic heterocycles. The van der Waals surface area contributed by atoms with E-state index in [1.165, 1.54) is 13.5 Å². The van der Waals surface area contributed by atoms with E-state index in [1.807, 2.05) is 0 Å². The molecule has 6 nitrogen and oxygen atoms in total. The minimum atomic E-state index is -3.81. The van der Waals surface area contributed by atoms with E-state index in [9.17, 15) is 13.2 Å². The molecule has 2 N–H and O–H groups in total. The highest BCUT2D eigenvalue weighted by Gasteiger charge is 2.22. The van der Waals surface area contributed by atoms with Crippen molar-refractivity contribution in [2.45, 2.75) is 50.1 Å². The highest BCUT2D eigenvalue weighted by molar-refractivity contribution is 7.89. The Morgan fingerprint density at radius 3 is 2.37 bits per heavy atom. The number of carbonyl (C=O) groups excluding carboxylic acids is 1. The second kappa shape index (κ2) is 10.3. The molecule has 1 saturated carbocycles. The predicted octanol–water partition coefficient (Wildman–Crippen LogP) is 4.02. The molecular formula is C22H27ClN2O4S. The summed E-state index contributed by atoms with van der Waals surface area (Å²) in [6.07, 6.45) is 5.20. The lowest BCUT2D eigenvalue weighted by Gasteiger charge is -2.21. The van der Waals surface area contributed by atoms with Crippen LogP contribution in [0.5, 0.6) is 5.75 Å². The third-order valence-electron chi connectivity index (χ3n) is 5.34. The Labute approximate surface area is 183 Å². The molecule has 2 aromatic carbocycles. The molecule has 1 aliphatic carbocycles. The Morgan fingerprint density at radius 1 is 1.03 bits per heavy atom. The average molecular weight is 451 g/mol. The van der Waals surface area contributed by atoms with Gasteiger partial charge >= 0.3 is 0 Å². The van der Waals surface area contributed by atoms with Crippen molar-refractivity contribution >= 4 is 27.5 Å². The number of carbonyl (C=O) groups is 1. The van der Waals surface area contributed by atoms with Gasteiger partial charge in [0.25, 0.3) is 0 Å². The number of methoxy groups -OCH3 is 1.